The summed E-state index contributed by atoms with van der Waals surface area (Å²) >= 11 is 3.30. The molecule has 1 aromatic rings. The average molecular weight is 216 g/mol. The fourth-order valence-electron chi connectivity index (χ4n) is 0.918. The molecule has 0 aromatic heterocycles. The van der Waals surface area contributed by atoms with Gasteiger partial charge in [0.15, 0.2) is 0 Å². The van der Waals surface area contributed by atoms with Crippen molar-refractivity contribution in [1.29, 1.82) is 0 Å². The van der Waals surface area contributed by atoms with E-state index in [1.54, 1.807) is 0 Å². The number of aliphatic hydroxyl groups is 1. The SMILES string of the molecule is Cc1cc(CO)cc(Br)c1N. The molecule has 0 heterocycles. The maximum Gasteiger partial charge on any atom is 0.0682 e. The number of hydrogen-bond donors (Lipinski definition) is 2. The first-order valence-corrected chi connectivity index (χ1v) is 4.10. The third-order valence-corrected chi connectivity index (χ3v) is 2.23. The smallest absolute Gasteiger partial charge is 0.0682 e. The van der Waals surface area contributed by atoms with Crippen LogP contribution in [0.15, 0.2) is 16.6 Å². The molecule has 0 saturated heterocycles. The third kappa shape index (κ3) is 1.73. The van der Waals surface area contributed by atoms with E-state index in [9.17, 15) is 0 Å². The molecule has 0 bridgehead atoms. The Morgan fingerprint density at radius 3 is 2.64 bits per heavy atom. The molecule has 0 saturated carbocycles. The zero-order valence-corrected chi connectivity index (χ0v) is 7.85. The van der Waals surface area contributed by atoms with Crippen molar-refractivity contribution in [2.24, 2.45) is 0 Å². The summed E-state index contributed by atoms with van der Waals surface area (Å²) in [7, 11) is 0. The van der Waals surface area contributed by atoms with Gasteiger partial charge in [-0.3, -0.25) is 0 Å². The van der Waals surface area contributed by atoms with E-state index in [0.29, 0.717) is 0 Å². The topological polar surface area (TPSA) is 46.2 Å². The summed E-state index contributed by atoms with van der Waals surface area (Å²) < 4.78 is 0.849. The quantitative estimate of drug-likeness (QED) is 0.703. The molecule has 11 heavy (non-hydrogen) atoms. The van der Waals surface area contributed by atoms with Gasteiger partial charge in [0.05, 0.1) is 6.61 Å². The predicted octanol–water partition coefficient (Wildman–Crippen LogP) is 1.83. The molecular weight excluding hydrogens is 206 g/mol. The number of rotatable bonds is 1. The molecule has 1 rings (SSSR count). The van der Waals surface area contributed by atoms with Crippen LogP contribution >= 0.6 is 15.9 Å². The van der Waals surface area contributed by atoms with Crippen LogP contribution in [0.1, 0.15) is 11.1 Å². The second-order valence-electron chi connectivity index (χ2n) is 2.47. The summed E-state index contributed by atoms with van der Waals surface area (Å²) in [5, 5.41) is 8.82. The molecule has 0 amide bonds. The highest BCUT2D eigenvalue weighted by atomic mass is 79.9. The monoisotopic (exact) mass is 215 g/mol. The lowest BCUT2D eigenvalue weighted by atomic mass is 10.1. The van der Waals surface area contributed by atoms with Crippen LogP contribution in [0.5, 0.6) is 0 Å². The molecule has 2 nitrogen and oxygen atoms in total. The highest BCUT2D eigenvalue weighted by Crippen LogP contribution is 2.24. The molecule has 0 aliphatic heterocycles. The first-order valence-electron chi connectivity index (χ1n) is 3.30. The maximum absolute atomic E-state index is 8.82. The summed E-state index contributed by atoms with van der Waals surface area (Å²) in [6.07, 6.45) is 0. The predicted molar refractivity (Wildman–Crippen MR) is 49.2 cm³/mol. The molecule has 3 heteroatoms. The van der Waals surface area contributed by atoms with Gasteiger partial charge in [-0.1, -0.05) is 6.07 Å². The Morgan fingerprint density at radius 2 is 2.18 bits per heavy atom. The van der Waals surface area contributed by atoms with Gasteiger partial charge in [-0.2, -0.15) is 0 Å². The summed E-state index contributed by atoms with van der Waals surface area (Å²) in [5.41, 5.74) is 8.28. The lowest BCUT2D eigenvalue weighted by Gasteiger charge is -2.04. The minimum atomic E-state index is 0.0553. The van der Waals surface area contributed by atoms with Gasteiger partial charge in [0.25, 0.3) is 0 Å². The lowest BCUT2D eigenvalue weighted by molar-refractivity contribution is 0.281. The Labute approximate surface area is 74.2 Å². The van der Waals surface area contributed by atoms with Crippen LogP contribution in [0, 0.1) is 6.92 Å². The zero-order chi connectivity index (χ0) is 8.43. The van der Waals surface area contributed by atoms with E-state index in [1.807, 2.05) is 19.1 Å². The highest BCUT2D eigenvalue weighted by molar-refractivity contribution is 9.10. The molecule has 0 radical (unpaired) electrons. The van der Waals surface area contributed by atoms with E-state index >= 15 is 0 Å². The van der Waals surface area contributed by atoms with Crippen LogP contribution in [-0.4, -0.2) is 5.11 Å². The number of benzene rings is 1. The van der Waals surface area contributed by atoms with Crippen molar-refractivity contribution < 1.29 is 5.11 Å². The summed E-state index contributed by atoms with van der Waals surface area (Å²) in [6, 6.07) is 3.70. The fraction of sp³-hybridized carbons (Fsp3) is 0.250. The Morgan fingerprint density at radius 1 is 1.55 bits per heavy atom. The summed E-state index contributed by atoms with van der Waals surface area (Å²) in [5.74, 6) is 0. The number of nitrogen functional groups attached to an aromatic ring is 1. The molecular formula is C8H10BrNO. The van der Waals surface area contributed by atoms with Gasteiger partial charge in [0.1, 0.15) is 0 Å². The maximum atomic E-state index is 8.82. The lowest BCUT2D eigenvalue weighted by Crippen LogP contribution is -1.93. The van der Waals surface area contributed by atoms with Crippen molar-refractivity contribution >= 4 is 21.6 Å². The van der Waals surface area contributed by atoms with Gasteiger partial charge >= 0.3 is 0 Å². The molecule has 0 fully saturated rings. The van der Waals surface area contributed by atoms with Crippen LogP contribution in [0.2, 0.25) is 0 Å². The second-order valence-corrected chi connectivity index (χ2v) is 3.32. The van der Waals surface area contributed by atoms with Crippen LogP contribution in [-0.2, 0) is 6.61 Å². The van der Waals surface area contributed by atoms with Crippen LogP contribution < -0.4 is 5.73 Å². The Balaban J connectivity index is 3.21. The summed E-state index contributed by atoms with van der Waals surface area (Å²) in [6.45, 7) is 1.97. The molecule has 60 valence electrons. The van der Waals surface area contributed by atoms with Gasteiger partial charge in [0.2, 0.25) is 0 Å². The fourth-order valence-corrected chi connectivity index (χ4v) is 1.52. The Kier molecular flexibility index (Phi) is 2.52. The first-order chi connectivity index (χ1) is 5.15. The minimum Gasteiger partial charge on any atom is -0.398 e. The highest BCUT2D eigenvalue weighted by Gasteiger charge is 2.00. The molecule has 0 aliphatic carbocycles. The van der Waals surface area contributed by atoms with E-state index in [2.05, 4.69) is 15.9 Å². The van der Waals surface area contributed by atoms with Crippen molar-refractivity contribution in [2.75, 3.05) is 5.73 Å². The molecule has 0 atom stereocenters. The number of aliphatic hydroxyl groups excluding tert-OH is 1. The van der Waals surface area contributed by atoms with Crippen LogP contribution in [0.25, 0.3) is 0 Å². The van der Waals surface area contributed by atoms with E-state index in [-0.39, 0.29) is 6.61 Å². The number of anilines is 1. The molecule has 3 N–H and O–H groups in total. The Bertz CT molecular complexity index is 250. The summed E-state index contributed by atoms with van der Waals surface area (Å²) in [4.78, 5) is 0. The zero-order valence-electron chi connectivity index (χ0n) is 6.26. The average Bonchev–Trinajstić information content (AvgIpc) is 1.99. The standard InChI is InChI=1S/C8H10BrNO/c1-5-2-6(4-11)3-7(9)8(5)10/h2-3,11H,4,10H2,1H3. The first kappa shape index (κ1) is 8.56. The van der Waals surface area contributed by atoms with E-state index < -0.39 is 0 Å². The second kappa shape index (κ2) is 3.24. The van der Waals surface area contributed by atoms with Crippen molar-refractivity contribution in [1.82, 2.24) is 0 Å². The van der Waals surface area contributed by atoms with Gasteiger partial charge in [0, 0.05) is 10.2 Å². The van der Waals surface area contributed by atoms with Gasteiger partial charge in [-0.25, -0.2) is 0 Å². The van der Waals surface area contributed by atoms with Crippen molar-refractivity contribution in [3.05, 3.63) is 27.7 Å². The van der Waals surface area contributed by atoms with E-state index in [1.165, 1.54) is 0 Å². The molecule has 1 aromatic carbocycles. The van der Waals surface area contributed by atoms with E-state index in [4.69, 9.17) is 10.8 Å². The number of hydrogen-bond acceptors (Lipinski definition) is 2. The number of halogens is 1. The number of nitrogens with two attached hydrogens (primary N) is 1. The van der Waals surface area contributed by atoms with E-state index in [0.717, 1.165) is 21.3 Å². The van der Waals surface area contributed by atoms with Gasteiger partial charge in [-0.05, 0) is 40.0 Å². The van der Waals surface area contributed by atoms with Gasteiger partial charge < -0.3 is 10.8 Å². The molecule has 0 spiro atoms. The molecule has 0 unspecified atom stereocenters. The number of aryl methyl sites for hydroxylation is 1. The van der Waals surface area contributed by atoms with Crippen LogP contribution in [0.4, 0.5) is 5.69 Å². The van der Waals surface area contributed by atoms with Crippen molar-refractivity contribution in [3.8, 4) is 0 Å². The van der Waals surface area contributed by atoms with Crippen molar-refractivity contribution in [3.63, 3.8) is 0 Å². The normalized spacial score (nSPS) is 10.1. The van der Waals surface area contributed by atoms with Gasteiger partial charge in [-0.15, -0.1) is 0 Å². The third-order valence-electron chi connectivity index (χ3n) is 1.58. The van der Waals surface area contributed by atoms with Crippen molar-refractivity contribution in [2.45, 2.75) is 13.5 Å². The molecule has 0 aliphatic rings. The van der Waals surface area contributed by atoms with Crippen LogP contribution in [0.3, 0.4) is 0 Å². The Hall–Kier alpha value is -0.540. The largest absolute Gasteiger partial charge is 0.398 e. The minimum absolute atomic E-state index is 0.0553.